The highest BCUT2D eigenvalue weighted by molar-refractivity contribution is 8.00. The molecule has 10 heteroatoms. The van der Waals surface area contributed by atoms with Crippen LogP contribution in [-0.4, -0.2) is 32.2 Å². The van der Waals surface area contributed by atoms with Crippen LogP contribution < -0.4 is 5.32 Å². The number of nitrogens with one attached hydrogen (secondary N) is 1. The summed E-state index contributed by atoms with van der Waals surface area (Å²) >= 11 is 1.60. The van der Waals surface area contributed by atoms with Gasteiger partial charge >= 0.3 is 0 Å². The van der Waals surface area contributed by atoms with E-state index in [9.17, 15) is 18.0 Å². The van der Waals surface area contributed by atoms with Crippen LogP contribution in [0.3, 0.4) is 0 Å². The summed E-state index contributed by atoms with van der Waals surface area (Å²) in [6.07, 6.45) is 0. The Morgan fingerprint density at radius 1 is 1.14 bits per heavy atom. The molecule has 0 spiro atoms. The fourth-order valence-electron chi connectivity index (χ4n) is 2.36. The topological polar surface area (TPSA) is 59.8 Å². The number of carbonyl (C=O) groups is 1. The quantitative estimate of drug-likeness (QED) is 0.559. The molecule has 3 aromatic rings. The number of aromatic nitrogens is 3. The molecule has 0 aliphatic heterocycles. The van der Waals surface area contributed by atoms with Crippen molar-refractivity contribution >= 4 is 35.1 Å². The van der Waals surface area contributed by atoms with E-state index < -0.39 is 11.6 Å². The highest BCUT2D eigenvalue weighted by Gasteiger charge is 2.15. The largest absolute Gasteiger partial charge is 0.325 e. The zero-order valence-electron chi connectivity index (χ0n) is 14.6. The van der Waals surface area contributed by atoms with Gasteiger partial charge in [0.25, 0.3) is 5.76 Å². The molecule has 0 fully saturated rings. The van der Waals surface area contributed by atoms with Gasteiger partial charge in [0.15, 0.2) is 11.0 Å². The maximum Gasteiger partial charge on any atom is 0.288 e. The maximum absolute atomic E-state index is 13.9. The van der Waals surface area contributed by atoms with Gasteiger partial charge in [0.2, 0.25) is 5.91 Å². The van der Waals surface area contributed by atoms with Crippen molar-refractivity contribution in [2.45, 2.75) is 15.8 Å². The fourth-order valence-corrected chi connectivity index (χ4v) is 3.57. The van der Waals surface area contributed by atoms with Crippen molar-refractivity contribution in [1.82, 2.24) is 14.8 Å². The number of hydrogen-bond donors (Lipinski definition) is 1. The minimum absolute atomic E-state index is 0.0663. The second kappa shape index (κ2) is 9.16. The zero-order valence-corrected chi connectivity index (χ0v) is 16.2. The molecule has 146 valence electrons. The van der Waals surface area contributed by atoms with Gasteiger partial charge in [-0.2, -0.15) is 8.78 Å². The second-order valence-electron chi connectivity index (χ2n) is 5.58. The van der Waals surface area contributed by atoms with Crippen LogP contribution in [0.4, 0.5) is 18.9 Å². The van der Waals surface area contributed by atoms with Gasteiger partial charge in [-0.25, -0.2) is 4.39 Å². The van der Waals surface area contributed by atoms with Gasteiger partial charge in [0.05, 0.1) is 11.3 Å². The van der Waals surface area contributed by atoms with E-state index in [0.717, 1.165) is 11.8 Å². The third kappa shape index (κ3) is 5.08. The lowest BCUT2D eigenvalue weighted by Crippen LogP contribution is -2.14. The number of rotatable bonds is 7. The van der Waals surface area contributed by atoms with Crippen molar-refractivity contribution in [2.24, 2.45) is 7.05 Å². The molecule has 1 aromatic heterocycles. The van der Waals surface area contributed by atoms with Gasteiger partial charge in [0.1, 0.15) is 5.82 Å². The maximum atomic E-state index is 13.9. The minimum atomic E-state index is -2.49. The predicted molar refractivity (Wildman–Crippen MR) is 104 cm³/mol. The molecular formula is C18H15F3N4OS2. The van der Waals surface area contributed by atoms with Crippen LogP contribution in [0.2, 0.25) is 0 Å². The smallest absolute Gasteiger partial charge is 0.288 e. The Hall–Kier alpha value is -2.46. The average molecular weight is 424 g/mol. The summed E-state index contributed by atoms with van der Waals surface area (Å²) < 4.78 is 40.2. The molecule has 0 unspecified atom stereocenters. The molecule has 0 atom stereocenters. The number of amides is 1. The van der Waals surface area contributed by atoms with Gasteiger partial charge < -0.3 is 9.88 Å². The standard InChI is InChI=1S/C18H15F3N4OS2/c1-25-16(13-4-2-3-5-14(13)19)23-24-18(25)27-10-15(26)22-11-6-8-12(9-7-11)28-17(20)21/h2-9,17H,10H2,1H3,(H,22,26). The van der Waals surface area contributed by atoms with Crippen molar-refractivity contribution in [2.75, 3.05) is 11.1 Å². The van der Waals surface area contributed by atoms with Crippen LogP contribution in [0.25, 0.3) is 11.4 Å². The molecule has 0 saturated heterocycles. The van der Waals surface area contributed by atoms with E-state index in [2.05, 4.69) is 15.5 Å². The first-order chi connectivity index (χ1) is 13.4. The van der Waals surface area contributed by atoms with Crippen LogP contribution in [0, 0.1) is 5.82 Å². The summed E-state index contributed by atoms with van der Waals surface area (Å²) in [5.74, 6) is -2.74. The molecule has 2 aromatic carbocycles. The normalized spacial score (nSPS) is 11.0. The lowest BCUT2D eigenvalue weighted by Gasteiger charge is -2.07. The zero-order chi connectivity index (χ0) is 20.1. The Balaban J connectivity index is 1.59. The SMILES string of the molecule is Cn1c(SCC(=O)Nc2ccc(SC(F)F)cc2)nnc1-c1ccccc1F. The van der Waals surface area contributed by atoms with Crippen LogP contribution in [0.1, 0.15) is 0 Å². The third-order valence-electron chi connectivity index (χ3n) is 3.65. The third-order valence-corrected chi connectivity index (χ3v) is 5.39. The number of nitrogens with zero attached hydrogens (tertiary/aromatic N) is 3. The Morgan fingerprint density at radius 3 is 2.54 bits per heavy atom. The molecule has 0 aliphatic carbocycles. The molecule has 3 rings (SSSR count). The number of thioether (sulfide) groups is 2. The summed E-state index contributed by atoms with van der Waals surface area (Å²) in [7, 11) is 1.70. The van der Waals surface area contributed by atoms with Gasteiger partial charge in [-0.3, -0.25) is 4.79 Å². The fraction of sp³-hybridized carbons (Fsp3) is 0.167. The molecule has 0 aliphatic rings. The monoisotopic (exact) mass is 424 g/mol. The first kappa shape index (κ1) is 20.3. The number of halogens is 3. The Kier molecular flexibility index (Phi) is 6.63. The van der Waals surface area contributed by atoms with Gasteiger partial charge in [0, 0.05) is 17.6 Å². The van der Waals surface area contributed by atoms with Crippen molar-refractivity contribution in [3.05, 3.63) is 54.3 Å². The van der Waals surface area contributed by atoms with E-state index in [0.29, 0.717) is 38.9 Å². The average Bonchev–Trinajstić information content (AvgIpc) is 3.02. The molecule has 0 radical (unpaired) electrons. The van der Waals surface area contributed by atoms with Crippen molar-refractivity contribution < 1.29 is 18.0 Å². The number of benzene rings is 2. The second-order valence-corrected chi connectivity index (χ2v) is 7.59. The van der Waals surface area contributed by atoms with Crippen LogP contribution in [0.15, 0.2) is 58.6 Å². The molecule has 1 N–H and O–H groups in total. The van der Waals surface area contributed by atoms with Gasteiger partial charge in [-0.05, 0) is 36.4 Å². The number of anilines is 1. The summed E-state index contributed by atoms with van der Waals surface area (Å²) in [6.45, 7) is 0. The van der Waals surface area contributed by atoms with Crippen molar-refractivity contribution in [3.63, 3.8) is 0 Å². The number of alkyl halides is 2. The Labute approximate surface area is 167 Å². The molecule has 1 heterocycles. The molecule has 1 amide bonds. The summed E-state index contributed by atoms with van der Waals surface area (Å²) in [5.41, 5.74) is 0.838. The van der Waals surface area contributed by atoms with Crippen molar-refractivity contribution in [3.8, 4) is 11.4 Å². The minimum Gasteiger partial charge on any atom is -0.325 e. The van der Waals surface area contributed by atoms with E-state index in [1.54, 1.807) is 41.9 Å². The Bertz CT molecular complexity index is 964. The van der Waals surface area contributed by atoms with Crippen LogP contribution in [-0.2, 0) is 11.8 Å². The van der Waals surface area contributed by atoms with E-state index in [1.165, 1.54) is 18.2 Å². The molecule has 0 saturated carbocycles. The lowest BCUT2D eigenvalue weighted by molar-refractivity contribution is -0.113. The first-order valence-electron chi connectivity index (χ1n) is 8.06. The summed E-state index contributed by atoms with van der Waals surface area (Å²) in [6, 6.07) is 12.4. The molecule has 5 nitrogen and oxygen atoms in total. The highest BCUT2D eigenvalue weighted by Crippen LogP contribution is 2.27. The van der Waals surface area contributed by atoms with E-state index in [1.807, 2.05) is 0 Å². The van der Waals surface area contributed by atoms with Gasteiger partial charge in [-0.15, -0.1) is 10.2 Å². The van der Waals surface area contributed by atoms with Crippen molar-refractivity contribution in [1.29, 1.82) is 0 Å². The predicted octanol–water partition coefficient (Wildman–Crippen LogP) is 4.67. The van der Waals surface area contributed by atoms with E-state index >= 15 is 0 Å². The first-order valence-corrected chi connectivity index (χ1v) is 9.92. The lowest BCUT2D eigenvalue weighted by atomic mass is 10.2. The van der Waals surface area contributed by atoms with Crippen LogP contribution in [0.5, 0.6) is 0 Å². The molecule has 0 bridgehead atoms. The summed E-state index contributed by atoms with van der Waals surface area (Å²) in [5, 5.41) is 11.2. The molecular weight excluding hydrogens is 409 g/mol. The molecule has 28 heavy (non-hydrogen) atoms. The number of carbonyl (C=O) groups excluding carboxylic acids is 1. The van der Waals surface area contributed by atoms with Crippen LogP contribution >= 0.6 is 23.5 Å². The van der Waals surface area contributed by atoms with Gasteiger partial charge in [-0.1, -0.05) is 35.7 Å². The highest BCUT2D eigenvalue weighted by atomic mass is 32.2. The number of hydrogen-bond acceptors (Lipinski definition) is 5. The van der Waals surface area contributed by atoms with E-state index in [-0.39, 0.29) is 11.7 Å². The summed E-state index contributed by atoms with van der Waals surface area (Å²) in [4.78, 5) is 12.5. The van der Waals surface area contributed by atoms with E-state index in [4.69, 9.17) is 0 Å². The Morgan fingerprint density at radius 2 is 1.86 bits per heavy atom.